The van der Waals surface area contributed by atoms with Gasteiger partial charge in [0.15, 0.2) is 0 Å². The Morgan fingerprint density at radius 1 is 0.611 bits per heavy atom. The third-order valence-corrected chi connectivity index (χ3v) is 5.70. The van der Waals surface area contributed by atoms with Gasteiger partial charge in [-0.2, -0.15) is 0 Å². The van der Waals surface area contributed by atoms with Crippen molar-refractivity contribution in [2.24, 2.45) is 0 Å². The van der Waals surface area contributed by atoms with Crippen LogP contribution in [0.1, 0.15) is 79.1 Å². The first-order chi connectivity index (χ1) is 17.1. The van der Waals surface area contributed by atoms with Gasteiger partial charge in [-0.1, -0.05) is 53.4 Å². The SMILES string of the molecule is CCCCN(CCCC)CCN(CCCC)CCCC.O=[N+]([O-])c1cc([N+](=O)[O-])c(O)c([N+](=O)[O-])c1. The lowest BCUT2D eigenvalue weighted by Crippen LogP contribution is -2.37. The molecule has 12 nitrogen and oxygen atoms in total. The zero-order valence-corrected chi connectivity index (χ0v) is 22.2. The highest BCUT2D eigenvalue weighted by atomic mass is 16.6. The van der Waals surface area contributed by atoms with E-state index in [1.54, 1.807) is 0 Å². The number of hydrogen-bond acceptors (Lipinski definition) is 9. The lowest BCUT2D eigenvalue weighted by Gasteiger charge is -2.27. The molecule has 12 heteroatoms. The highest BCUT2D eigenvalue weighted by Crippen LogP contribution is 2.38. The predicted molar refractivity (Wildman–Crippen MR) is 141 cm³/mol. The fraction of sp³-hybridized carbons (Fsp3) is 0.750. The van der Waals surface area contributed by atoms with Crippen LogP contribution in [0.25, 0.3) is 0 Å². The van der Waals surface area contributed by atoms with Crippen molar-refractivity contribution in [3.63, 3.8) is 0 Å². The Morgan fingerprint density at radius 2 is 0.917 bits per heavy atom. The van der Waals surface area contributed by atoms with Crippen molar-refractivity contribution in [2.75, 3.05) is 39.3 Å². The minimum atomic E-state index is -1.21. The van der Waals surface area contributed by atoms with Crippen molar-refractivity contribution < 1.29 is 19.9 Å². The van der Waals surface area contributed by atoms with Crippen LogP contribution in [-0.2, 0) is 0 Å². The van der Waals surface area contributed by atoms with E-state index < -0.39 is 37.6 Å². The summed E-state index contributed by atoms with van der Waals surface area (Å²) in [5.74, 6) is -1.21. The van der Waals surface area contributed by atoms with Gasteiger partial charge in [0.25, 0.3) is 11.4 Å². The molecule has 36 heavy (non-hydrogen) atoms. The zero-order valence-electron chi connectivity index (χ0n) is 22.2. The normalized spacial score (nSPS) is 10.8. The zero-order chi connectivity index (χ0) is 27.5. The minimum absolute atomic E-state index is 0.447. The average molecular weight is 514 g/mol. The molecule has 0 bridgehead atoms. The Kier molecular flexibility index (Phi) is 17.8. The van der Waals surface area contributed by atoms with E-state index in [1.807, 2.05) is 0 Å². The molecule has 0 amide bonds. The summed E-state index contributed by atoms with van der Waals surface area (Å²) in [6, 6.07) is 0.894. The Balaban J connectivity index is 0.000000696. The van der Waals surface area contributed by atoms with E-state index in [4.69, 9.17) is 5.11 Å². The summed E-state index contributed by atoms with van der Waals surface area (Å²) in [4.78, 5) is 33.2. The van der Waals surface area contributed by atoms with Gasteiger partial charge in [-0.05, 0) is 51.9 Å². The van der Waals surface area contributed by atoms with Crippen LogP contribution in [0.2, 0.25) is 0 Å². The summed E-state index contributed by atoms with van der Waals surface area (Å²) in [5.41, 5.74) is -3.00. The van der Waals surface area contributed by atoms with Gasteiger partial charge >= 0.3 is 11.4 Å². The first kappa shape index (κ1) is 33.1. The number of aromatic hydroxyl groups is 1. The van der Waals surface area contributed by atoms with Crippen LogP contribution in [0.5, 0.6) is 5.75 Å². The van der Waals surface area contributed by atoms with E-state index >= 15 is 0 Å². The quantitative estimate of drug-likeness (QED) is 0.186. The standard InChI is InChI=1S/C18H40N2.C6H3N3O7/c1-5-9-13-19(14-10-6-2)17-18-20(15-11-7-3)16-12-8-4;10-6-4(8(13)14)1-3(7(11)12)2-5(6)9(15)16/h5-18H2,1-4H3;1-2,10H. The number of non-ortho nitro benzene ring substituents is 1. The molecule has 1 aromatic rings. The molecule has 1 rings (SSSR count). The number of benzene rings is 1. The number of rotatable bonds is 18. The molecule has 0 heterocycles. The van der Waals surface area contributed by atoms with E-state index in [-0.39, 0.29) is 0 Å². The number of phenolic OH excluding ortho intramolecular Hbond substituents is 1. The van der Waals surface area contributed by atoms with Crippen molar-refractivity contribution in [3.05, 3.63) is 42.5 Å². The van der Waals surface area contributed by atoms with Gasteiger partial charge in [-0.25, -0.2) is 0 Å². The monoisotopic (exact) mass is 513 g/mol. The smallest absolute Gasteiger partial charge is 0.324 e. The van der Waals surface area contributed by atoms with E-state index in [9.17, 15) is 30.3 Å². The number of nitro groups is 3. The second kappa shape index (κ2) is 19.3. The summed E-state index contributed by atoms with van der Waals surface area (Å²) in [6.45, 7) is 16.9. The number of nitrogens with zero attached hydrogens (tertiary/aromatic N) is 5. The molecular weight excluding hydrogens is 470 g/mol. The summed E-state index contributed by atoms with van der Waals surface area (Å²) in [5, 5.41) is 40.2. The lowest BCUT2D eigenvalue weighted by atomic mass is 10.2. The van der Waals surface area contributed by atoms with Crippen molar-refractivity contribution in [3.8, 4) is 5.75 Å². The molecule has 0 aliphatic heterocycles. The molecule has 0 radical (unpaired) electrons. The fourth-order valence-electron chi connectivity index (χ4n) is 3.45. The van der Waals surface area contributed by atoms with Gasteiger partial charge in [0.1, 0.15) is 0 Å². The number of unbranched alkanes of at least 4 members (excludes halogenated alkanes) is 4. The lowest BCUT2D eigenvalue weighted by molar-refractivity contribution is -0.404. The van der Waals surface area contributed by atoms with Crippen molar-refractivity contribution in [1.82, 2.24) is 9.80 Å². The maximum atomic E-state index is 10.4. The van der Waals surface area contributed by atoms with Crippen LogP contribution >= 0.6 is 0 Å². The van der Waals surface area contributed by atoms with E-state index in [1.165, 1.54) is 90.6 Å². The molecule has 1 aromatic carbocycles. The molecular formula is C24H43N5O7. The largest absolute Gasteiger partial charge is 0.497 e. The van der Waals surface area contributed by atoms with Crippen molar-refractivity contribution in [1.29, 1.82) is 0 Å². The molecule has 0 fully saturated rings. The van der Waals surface area contributed by atoms with Crippen molar-refractivity contribution in [2.45, 2.75) is 79.1 Å². The third-order valence-electron chi connectivity index (χ3n) is 5.70. The molecule has 0 saturated carbocycles. The Labute approximate surface area is 213 Å². The van der Waals surface area contributed by atoms with Gasteiger partial charge in [-0.15, -0.1) is 0 Å². The second-order valence-corrected chi connectivity index (χ2v) is 8.70. The van der Waals surface area contributed by atoms with E-state index in [2.05, 4.69) is 37.5 Å². The molecule has 0 spiro atoms. The molecule has 0 atom stereocenters. The van der Waals surface area contributed by atoms with Gasteiger partial charge in [-0.3, -0.25) is 30.3 Å². The van der Waals surface area contributed by atoms with Gasteiger partial charge < -0.3 is 14.9 Å². The van der Waals surface area contributed by atoms with E-state index in [0.717, 1.165) is 0 Å². The average Bonchev–Trinajstić information content (AvgIpc) is 2.84. The maximum absolute atomic E-state index is 10.4. The van der Waals surface area contributed by atoms with Gasteiger partial charge in [0, 0.05) is 13.1 Å². The summed E-state index contributed by atoms with van der Waals surface area (Å²) in [6.07, 6.45) is 10.7. The molecule has 0 aliphatic carbocycles. The molecule has 0 aromatic heterocycles. The Hall–Kier alpha value is -2.86. The van der Waals surface area contributed by atoms with Crippen LogP contribution in [0.4, 0.5) is 17.1 Å². The third kappa shape index (κ3) is 13.3. The fourth-order valence-corrected chi connectivity index (χ4v) is 3.45. The molecule has 206 valence electrons. The molecule has 0 unspecified atom stereocenters. The topological polar surface area (TPSA) is 156 Å². The predicted octanol–water partition coefficient (Wildman–Crippen LogP) is 5.91. The summed E-state index contributed by atoms with van der Waals surface area (Å²) in [7, 11) is 0. The second-order valence-electron chi connectivity index (χ2n) is 8.70. The highest BCUT2D eigenvalue weighted by Gasteiger charge is 2.30. The molecule has 0 saturated heterocycles. The van der Waals surface area contributed by atoms with Crippen LogP contribution in [0.15, 0.2) is 12.1 Å². The van der Waals surface area contributed by atoms with Crippen molar-refractivity contribution >= 4 is 17.1 Å². The first-order valence-electron chi connectivity index (χ1n) is 12.9. The summed E-state index contributed by atoms with van der Waals surface area (Å²) < 4.78 is 0. The van der Waals surface area contributed by atoms with Crippen LogP contribution < -0.4 is 0 Å². The Morgan fingerprint density at radius 3 is 1.14 bits per heavy atom. The number of hydrogen-bond donors (Lipinski definition) is 1. The first-order valence-corrected chi connectivity index (χ1v) is 12.9. The number of phenols is 1. The van der Waals surface area contributed by atoms with E-state index in [0.29, 0.717) is 12.1 Å². The highest BCUT2D eigenvalue weighted by molar-refractivity contribution is 5.64. The minimum Gasteiger partial charge on any atom is -0.497 e. The van der Waals surface area contributed by atoms with Crippen LogP contribution in [-0.4, -0.2) is 68.9 Å². The maximum Gasteiger partial charge on any atom is 0.324 e. The number of nitro benzene ring substituents is 3. The molecule has 1 N–H and O–H groups in total. The van der Waals surface area contributed by atoms with Gasteiger partial charge in [0.05, 0.1) is 26.9 Å². The van der Waals surface area contributed by atoms with Crippen LogP contribution in [0, 0.1) is 30.3 Å². The summed E-state index contributed by atoms with van der Waals surface area (Å²) >= 11 is 0. The van der Waals surface area contributed by atoms with Crippen LogP contribution in [0.3, 0.4) is 0 Å². The Bertz CT molecular complexity index is 736. The van der Waals surface area contributed by atoms with Gasteiger partial charge in [0.2, 0.25) is 0 Å². The molecule has 0 aliphatic rings.